The lowest BCUT2D eigenvalue weighted by Gasteiger charge is -2.15. The van der Waals surface area contributed by atoms with E-state index in [-0.39, 0.29) is 12.4 Å². The molecule has 0 bridgehead atoms. The van der Waals surface area contributed by atoms with Gasteiger partial charge in [-0.25, -0.2) is 4.98 Å². The van der Waals surface area contributed by atoms with Crippen molar-refractivity contribution in [1.29, 1.82) is 0 Å². The fourth-order valence-corrected chi connectivity index (χ4v) is 4.36. The van der Waals surface area contributed by atoms with Gasteiger partial charge in [0.25, 0.3) is 0 Å². The molecule has 0 aliphatic heterocycles. The zero-order chi connectivity index (χ0) is 20.4. The summed E-state index contributed by atoms with van der Waals surface area (Å²) in [6, 6.07) is 4.07. The Morgan fingerprint density at radius 2 is 2.10 bits per heavy atom. The second kappa shape index (κ2) is 8.06. The second-order valence-electron chi connectivity index (χ2n) is 7.00. The Balaban J connectivity index is 1.57. The van der Waals surface area contributed by atoms with Crippen LogP contribution >= 0.6 is 11.3 Å². The Labute approximate surface area is 170 Å². The van der Waals surface area contributed by atoms with Gasteiger partial charge in [0.1, 0.15) is 5.75 Å². The summed E-state index contributed by atoms with van der Waals surface area (Å²) in [5.74, 6) is -0.131. The van der Waals surface area contributed by atoms with Gasteiger partial charge in [-0.05, 0) is 48.3 Å². The van der Waals surface area contributed by atoms with E-state index in [4.69, 9.17) is 4.74 Å². The zero-order valence-electron chi connectivity index (χ0n) is 16.0. The number of thiazole rings is 1. The fourth-order valence-electron chi connectivity index (χ4n) is 3.40. The molecule has 1 aromatic carbocycles. The molecule has 2 aromatic rings. The van der Waals surface area contributed by atoms with E-state index in [1.807, 2.05) is 13.0 Å². The Hall–Kier alpha value is -2.54. The number of ether oxygens (including phenoxy) is 1. The molecule has 2 aliphatic carbocycles. The number of nitrogens with one attached hydrogen (secondary N) is 1. The summed E-state index contributed by atoms with van der Waals surface area (Å²) in [6.45, 7) is 2.32. The van der Waals surface area contributed by atoms with Crippen molar-refractivity contribution in [2.24, 2.45) is 0 Å². The fraction of sp³-hybridized carbons (Fsp3) is 0.318. The van der Waals surface area contributed by atoms with Gasteiger partial charge in [0.2, 0.25) is 0 Å². The monoisotopic (exact) mass is 418 g/mol. The summed E-state index contributed by atoms with van der Waals surface area (Å²) in [4.78, 5) is 4.61. The first kappa shape index (κ1) is 19.8. The van der Waals surface area contributed by atoms with Crippen LogP contribution < -0.4 is 19.9 Å². The predicted octanol–water partition coefficient (Wildman–Crippen LogP) is 5.31. The van der Waals surface area contributed by atoms with Crippen LogP contribution in [0.5, 0.6) is 5.75 Å². The van der Waals surface area contributed by atoms with E-state index in [0.29, 0.717) is 10.8 Å². The number of hydrogen-bond donors (Lipinski definition) is 1. The molecule has 1 heterocycles. The van der Waals surface area contributed by atoms with Gasteiger partial charge < -0.3 is 10.1 Å². The van der Waals surface area contributed by atoms with Crippen LogP contribution in [0.4, 0.5) is 24.0 Å². The molecule has 152 valence electrons. The van der Waals surface area contributed by atoms with Crippen LogP contribution in [0.2, 0.25) is 0 Å². The molecule has 1 N–H and O–H groups in total. The Morgan fingerprint density at radius 1 is 1.24 bits per heavy atom. The molecule has 0 unspecified atom stereocenters. The van der Waals surface area contributed by atoms with Crippen molar-refractivity contribution >= 4 is 33.8 Å². The molecule has 0 amide bonds. The van der Waals surface area contributed by atoms with Crippen molar-refractivity contribution < 1.29 is 17.9 Å². The van der Waals surface area contributed by atoms with Crippen molar-refractivity contribution in [2.45, 2.75) is 38.8 Å². The molecule has 29 heavy (non-hydrogen) atoms. The van der Waals surface area contributed by atoms with Crippen LogP contribution in [-0.2, 0) is 6.18 Å². The highest BCUT2D eigenvalue weighted by atomic mass is 32.1. The van der Waals surface area contributed by atoms with Crippen LogP contribution in [-0.4, -0.2) is 11.6 Å². The van der Waals surface area contributed by atoms with Gasteiger partial charge in [-0.1, -0.05) is 49.3 Å². The molecular formula is C22H21F3N2OS. The molecular weight excluding hydrogens is 397 g/mol. The summed E-state index contributed by atoms with van der Waals surface area (Å²) >= 11 is 1.44. The van der Waals surface area contributed by atoms with Gasteiger partial charge in [0, 0.05) is 5.69 Å². The maximum atomic E-state index is 13.5. The average molecular weight is 418 g/mol. The average Bonchev–Trinajstić information content (AvgIpc) is 3.22. The Kier molecular flexibility index (Phi) is 5.50. The number of fused-ring (bicyclic) bond motifs is 2. The smallest absolute Gasteiger partial charge is 0.420 e. The third-order valence-electron chi connectivity index (χ3n) is 4.85. The number of allylic oxidation sites excluding steroid dienone is 4. The number of aromatic nitrogens is 1. The molecule has 0 radical (unpaired) electrons. The van der Waals surface area contributed by atoms with E-state index in [2.05, 4.69) is 28.5 Å². The number of halogens is 3. The van der Waals surface area contributed by atoms with Gasteiger partial charge in [-0.15, -0.1) is 0 Å². The highest BCUT2D eigenvalue weighted by Crippen LogP contribution is 2.38. The van der Waals surface area contributed by atoms with E-state index < -0.39 is 11.7 Å². The number of alkyl halides is 3. The molecule has 1 aromatic heterocycles. The molecule has 4 rings (SSSR count). The van der Waals surface area contributed by atoms with E-state index in [9.17, 15) is 13.2 Å². The lowest BCUT2D eigenvalue weighted by Crippen LogP contribution is -2.19. The molecule has 2 aliphatic rings. The number of rotatable bonds is 7. The number of benzene rings is 1. The van der Waals surface area contributed by atoms with Crippen LogP contribution in [0.15, 0.2) is 42.0 Å². The molecule has 3 nitrogen and oxygen atoms in total. The van der Waals surface area contributed by atoms with Crippen LogP contribution in [0.1, 0.15) is 38.2 Å². The standard InChI is InChI=1S/C22H21F3N2OS/c1-2-3-6-11-28-18-10-9-15(13-17(18)22(23,24)25)26-21-27-20-16-8-5-4-7-14(16)12-19(20)29-21/h4-5,7,9-10,12-13H,2-3,6,8,11H2,1H3,(H,26,27). The maximum absolute atomic E-state index is 13.5. The minimum absolute atomic E-state index is 0.131. The maximum Gasteiger partial charge on any atom is 0.420 e. The van der Waals surface area contributed by atoms with Gasteiger partial charge in [-0.3, -0.25) is 0 Å². The minimum atomic E-state index is -4.49. The van der Waals surface area contributed by atoms with E-state index in [0.717, 1.165) is 47.2 Å². The summed E-state index contributed by atoms with van der Waals surface area (Å²) in [5, 5.41) is 4.52. The highest BCUT2D eigenvalue weighted by Gasteiger charge is 2.34. The quantitative estimate of drug-likeness (QED) is 0.619. The van der Waals surface area contributed by atoms with Crippen LogP contribution in [0.3, 0.4) is 0 Å². The number of hydrogen-bond acceptors (Lipinski definition) is 4. The molecule has 0 saturated carbocycles. The molecule has 0 atom stereocenters. The topological polar surface area (TPSA) is 34.1 Å². The molecule has 0 fully saturated rings. The third-order valence-corrected chi connectivity index (χ3v) is 5.77. The van der Waals surface area contributed by atoms with Crippen molar-refractivity contribution in [1.82, 2.24) is 4.98 Å². The molecule has 7 heteroatoms. The molecule has 0 spiro atoms. The minimum Gasteiger partial charge on any atom is -0.493 e. The van der Waals surface area contributed by atoms with Crippen molar-refractivity contribution in [3.8, 4) is 5.75 Å². The van der Waals surface area contributed by atoms with Crippen LogP contribution in [0.25, 0.3) is 11.6 Å². The van der Waals surface area contributed by atoms with E-state index >= 15 is 0 Å². The summed E-state index contributed by atoms with van der Waals surface area (Å²) in [7, 11) is 0. The molecule has 0 saturated heterocycles. The van der Waals surface area contributed by atoms with Gasteiger partial charge in [-0.2, -0.15) is 13.2 Å². The lowest BCUT2D eigenvalue weighted by atomic mass is 10.0. The van der Waals surface area contributed by atoms with Crippen molar-refractivity contribution in [3.63, 3.8) is 0 Å². The predicted molar refractivity (Wildman–Crippen MR) is 111 cm³/mol. The lowest BCUT2D eigenvalue weighted by molar-refractivity contribution is -0.138. The van der Waals surface area contributed by atoms with Gasteiger partial charge in [0.05, 0.1) is 22.1 Å². The van der Waals surface area contributed by atoms with E-state index in [1.165, 1.54) is 23.0 Å². The second-order valence-corrected chi connectivity index (χ2v) is 8.03. The number of unbranched alkanes of at least 4 members (excludes halogenated alkanes) is 2. The van der Waals surface area contributed by atoms with Crippen molar-refractivity contribution in [3.05, 3.63) is 57.4 Å². The van der Waals surface area contributed by atoms with Crippen molar-refractivity contribution in [2.75, 3.05) is 11.9 Å². The number of anilines is 2. The van der Waals surface area contributed by atoms with Crippen LogP contribution in [0, 0.1) is 0 Å². The first-order valence-corrected chi connectivity index (χ1v) is 10.5. The van der Waals surface area contributed by atoms with E-state index in [1.54, 1.807) is 6.07 Å². The summed E-state index contributed by atoms with van der Waals surface area (Å²) in [6.07, 6.45) is 7.21. The first-order valence-electron chi connectivity index (χ1n) is 9.65. The highest BCUT2D eigenvalue weighted by molar-refractivity contribution is 7.13. The van der Waals surface area contributed by atoms with Gasteiger partial charge in [0.15, 0.2) is 5.13 Å². The summed E-state index contributed by atoms with van der Waals surface area (Å²) in [5.41, 5.74) is 1.90. The SMILES string of the molecule is CCCCCOc1ccc(Nc2nc3c(s2)=CC2=CC=CCC=32)cc1C(F)(F)F. The Bertz CT molecular complexity index is 1100. The zero-order valence-corrected chi connectivity index (χ0v) is 16.8. The third kappa shape index (κ3) is 4.24. The van der Waals surface area contributed by atoms with Gasteiger partial charge >= 0.3 is 6.18 Å². The first-order chi connectivity index (χ1) is 14.0. The normalized spacial score (nSPS) is 14.9. The largest absolute Gasteiger partial charge is 0.493 e. The number of nitrogens with zero attached hydrogens (tertiary/aromatic N) is 1. The Morgan fingerprint density at radius 3 is 2.90 bits per heavy atom. The summed E-state index contributed by atoms with van der Waals surface area (Å²) < 4.78 is 47.0.